The highest BCUT2D eigenvalue weighted by Crippen LogP contribution is 2.33. The van der Waals surface area contributed by atoms with Crippen LogP contribution >= 0.6 is 0 Å². The summed E-state index contributed by atoms with van der Waals surface area (Å²) in [6.45, 7) is 4.46. The van der Waals surface area contributed by atoms with E-state index < -0.39 is 48.5 Å². The Hall–Kier alpha value is -2.94. The van der Waals surface area contributed by atoms with E-state index >= 15 is 0 Å². The summed E-state index contributed by atoms with van der Waals surface area (Å²) in [6.07, 6.45) is -3.79. The van der Waals surface area contributed by atoms with Crippen molar-refractivity contribution in [2.75, 3.05) is 13.7 Å². The van der Waals surface area contributed by atoms with E-state index in [1.54, 1.807) is 51.1 Å². The van der Waals surface area contributed by atoms with Crippen molar-refractivity contribution in [3.8, 4) is 0 Å². The third-order valence-electron chi connectivity index (χ3n) is 3.43. The zero-order valence-electron chi connectivity index (χ0n) is 15.5. The van der Waals surface area contributed by atoms with Gasteiger partial charge >= 0.3 is 24.1 Å². The molecule has 1 fully saturated rings. The van der Waals surface area contributed by atoms with Crippen LogP contribution in [-0.4, -0.2) is 54.4 Å². The van der Waals surface area contributed by atoms with Crippen molar-refractivity contribution >= 4 is 24.1 Å². The number of hydrogen-bond acceptors (Lipinski definition) is 8. The summed E-state index contributed by atoms with van der Waals surface area (Å²) in [6, 6.07) is 6.96. The van der Waals surface area contributed by atoms with Crippen LogP contribution in [0.4, 0.5) is 9.59 Å². The molecular formula is C18H21NO8. The minimum atomic E-state index is -1.56. The monoisotopic (exact) mass is 379 g/mol. The maximum Gasteiger partial charge on any atom is 0.427 e. The number of benzene rings is 1. The molecule has 146 valence electrons. The number of hydrogen-bond donors (Lipinski definition) is 0. The van der Waals surface area contributed by atoms with E-state index in [9.17, 15) is 19.2 Å². The first kappa shape index (κ1) is 20.4. The smallest absolute Gasteiger partial charge is 0.427 e. The molecule has 1 aromatic carbocycles. The number of carbonyl (C=O) groups is 4. The van der Waals surface area contributed by atoms with Gasteiger partial charge in [0.15, 0.2) is 0 Å². The van der Waals surface area contributed by atoms with Gasteiger partial charge in [0.05, 0.1) is 0 Å². The topological polar surface area (TPSA) is 108 Å². The molecule has 2 amide bonds. The van der Waals surface area contributed by atoms with Crippen LogP contribution in [0, 0.1) is 0 Å². The number of amides is 2. The average molecular weight is 379 g/mol. The minimum Gasteiger partial charge on any atom is -0.446 e. The fourth-order valence-corrected chi connectivity index (χ4v) is 2.45. The van der Waals surface area contributed by atoms with Gasteiger partial charge in [-0.05, 0) is 26.3 Å². The summed E-state index contributed by atoms with van der Waals surface area (Å²) in [5, 5.41) is 0. The fraction of sp³-hybridized carbons (Fsp3) is 0.444. The summed E-state index contributed by atoms with van der Waals surface area (Å²) in [5.74, 6) is -1.93. The van der Waals surface area contributed by atoms with Crippen molar-refractivity contribution in [3.05, 3.63) is 35.9 Å². The zero-order chi connectivity index (χ0) is 20.2. The SMILES string of the molecule is COCC(=O)O[C@H]1C(=O)OC(=O)N(C(=O)OC(C)(C)C)[C@H]1c1ccccc1. The quantitative estimate of drug-likeness (QED) is 0.445. The van der Waals surface area contributed by atoms with Gasteiger partial charge in [0.2, 0.25) is 6.10 Å². The molecule has 0 aliphatic carbocycles. The molecule has 1 saturated heterocycles. The molecular weight excluding hydrogens is 358 g/mol. The lowest BCUT2D eigenvalue weighted by Crippen LogP contribution is -2.55. The Morgan fingerprint density at radius 2 is 1.78 bits per heavy atom. The molecule has 9 heteroatoms. The largest absolute Gasteiger partial charge is 0.446 e. The van der Waals surface area contributed by atoms with E-state index in [4.69, 9.17) is 9.47 Å². The number of nitrogens with zero attached hydrogens (tertiary/aromatic N) is 1. The van der Waals surface area contributed by atoms with Gasteiger partial charge in [0.1, 0.15) is 18.2 Å². The Morgan fingerprint density at radius 3 is 2.33 bits per heavy atom. The van der Waals surface area contributed by atoms with Crippen LogP contribution in [0.15, 0.2) is 30.3 Å². The number of carbonyl (C=O) groups excluding carboxylic acids is 4. The maximum absolute atomic E-state index is 12.6. The molecule has 0 spiro atoms. The molecule has 1 aliphatic heterocycles. The molecule has 0 aromatic heterocycles. The van der Waals surface area contributed by atoms with Crippen molar-refractivity contribution < 1.29 is 38.1 Å². The van der Waals surface area contributed by atoms with Crippen LogP contribution in [-0.2, 0) is 28.5 Å². The molecule has 9 nitrogen and oxygen atoms in total. The third-order valence-corrected chi connectivity index (χ3v) is 3.43. The van der Waals surface area contributed by atoms with Crippen LogP contribution in [0.2, 0.25) is 0 Å². The molecule has 2 atom stereocenters. The lowest BCUT2D eigenvalue weighted by Gasteiger charge is -2.37. The molecule has 2 rings (SSSR count). The van der Waals surface area contributed by atoms with Gasteiger partial charge in [-0.2, -0.15) is 4.90 Å². The number of methoxy groups -OCH3 is 1. The highest BCUT2D eigenvalue weighted by atomic mass is 16.7. The maximum atomic E-state index is 12.6. The van der Waals surface area contributed by atoms with Crippen LogP contribution < -0.4 is 0 Å². The van der Waals surface area contributed by atoms with Gasteiger partial charge < -0.3 is 18.9 Å². The van der Waals surface area contributed by atoms with Crippen LogP contribution in [0.25, 0.3) is 0 Å². The predicted molar refractivity (Wildman–Crippen MR) is 90.5 cm³/mol. The Kier molecular flexibility index (Phi) is 6.17. The summed E-state index contributed by atoms with van der Waals surface area (Å²) >= 11 is 0. The van der Waals surface area contributed by atoms with Crippen molar-refractivity contribution in [1.82, 2.24) is 4.90 Å². The zero-order valence-corrected chi connectivity index (χ0v) is 15.5. The molecule has 0 N–H and O–H groups in total. The first-order valence-electron chi connectivity index (χ1n) is 8.15. The summed E-state index contributed by atoms with van der Waals surface area (Å²) < 4.78 is 19.7. The average Bonchev–Trinajstić information content (AvgIpc) is 2.56. The second kappa shape index (κ2) is 8.17. The molecule has 1 heterocycles. The number of ether oxygens (including phenoxy) is 4. The third kappa shape index (κ3) is 5.04. The first-order chi connectivity index (χ1) is 12.6. The van der Waals surface area contributed by atoms with Gasteiger partial charge in [-0.15, -0.1) is 0 Å². The highest BCUT2D eigenvalue weighted by Gasteiger charge is 2.50. The molecule has 0 saturated carbocycles. The molecule has 0 unspecified atom stereocenters. The normalized spacial score (nSPS) is 20.1. The Bertz CT molecular complexity index is 725. The van der Waals surface area contributed by atoms with E-state index in [2.05, 4.69) is 9.47 Å². The number of rotatable bonds is 4. The Balaban J connectivity index is 2.45. The van der Waals surface area contributed by atoms with E-state index in [-0.39, 0.29) is 0 Å². The predicted octanol–water partition coefficient (Wildman–Crippen LogP) is 2.20. The minimum absolute atomic E-state index is 0.392. The van der Waals surface area contributed by atoms with E-state index in [0.717, 1.165) is 0 Å². The van der Waals surface area contributed by atoms with Crippen LogP contribution in [0.1, 0.15) is 32.4 Å². The van der Waals surface area contributed by atoms with Gasteiger partial charge in [-0.3, -0.25) is 0 Å². The van der Waals surface area contributed by atoms with Gasteiger partial charge in [-0.1, -0.05) is 30.3 Å². The summed E-state index contributed by atoms with van der Waals surface area (Å²) in [7, 11) is 1.28. The van der Waals surface area contributed by atoms with Crippen LogP contribution in [0.3, 0.4) is 0 Å². The Labute approximate surface area is 156 Å². The van der Waals surface area contributed by atoms with Gasteiger partial charge in [-0.25, -0.2) is 19.2 Å². The van der Waals surface area contributed by atoms with Crippen molar-refractivity contribution in [1.29, 1.82) is 0 Å². The van der Waals surface area contributed by atoms with Crippen molar-refractivity contribution in [2.24, 2.45) is 0 Å². The molecule has 0 radical (unpaired) electrons. The molecule has 1 aliphatic rings. The second-order valence-electron chi connectivity index (χ2n) is 6.74. The lowest BCUT2D eigenvalue weighted by atomic mass is 9.99. The van der Waals surface area contributed by atoms with E-state index in [1.165, 1.54) is 7.11 Å². The molecule has 1 aromatic rings. The fourth-order valence-electron chi connectivity index (χ4n) is 2.45. The van der Waals surface area contributed by atoms with E-state index in [1.807, 2.05) is 0 Å². The number of esters is 2. The standard InChI is InChI=1S/C18H21NO8/c1-18(2,3)27-17(23)19-13(11-8-6-5-7-9-11)14(15(21)26-16(19)22)25-12(20)10-24-4/h5-9,13-14H,10H2,1-4H3/t13-,14+/m0/s1. The summed E-state index contributed by atoms with van der Waals surface area (Å²) in [5.41, 5.74) is -0.508. The van der Waals surface area contributed by atoms with Crippen LogP contribution in [0.5, 0.6) is 0 Å². The molecule has 27 heavy (non-hydrogen) atoms. The lowest BCUT2D eigenvalue weighted by molar-refractivity contribution is -0.176. The number of imide groups is 1. The van der Waals surface area contributed by atoms with Crippen molar-refractivity contribution in [2.45, 2.75) is 38.5 Å². The number of cyclic esters (lactones) is 2. The first-order valence-corrected chi connectivity index (χ1v) is 8.15. The Morgan fingerprint density at radius 1 is 1.15 bits per heavy atom. The summed E-state index contributed by atoms with van der Waals surface area (Å²) in [4.78, 5) is 49.6. The molecule has 0 bridgehead atoms. The second-order valence-corrected chi connectivity index (χ2v) is 6.74. The van der Waals surface area contributed by atoms with Gasteiger partial charge in [0.25, 0.3) is 0 Å². The van der Waals surface area contributed by atoms with E-state index in [0.29, 0.717) is 10.5 Å². The highest BCUT2D eigenvalue weighted by molar-refractivity contribution is 5.99. The van der Waals surface area contributed by atoms with Gasteiger partial charge in [0, 0.05) is 7.11 Å². The van der Waals surface area contributed by atoms with Crippen molar-refractivity contribution in [3.63, 3.8) is 0 Å².